The summed E-state index contributed by atoms with van der Waals surface area (Å²) in [6.07, 6.45) is 1.83. The fraction of sp³-hybridized carbons (Fsp3) is 0.462. The fourth-order valence-corrected chi connectivity index (χ4v) is 4.17. The van der Waals surface area contributed by atoms with Crippen LogP contribution in [-0.4, -0.2) is 48.6 Å². The van der Waals surface area contributed by atoms with Crippen LogP contribution in [0.4, 0.5) is 5.82 Å². The molecule has 0 amide bonds. The van der Waals surface area contributed by atoms with E-state index in [2.05, 4.69) is 4.98 Å². The molecule has 1 saturated heterocycles. The summed E-state index contributed by atoms with van der Waals surface area (Å²) in [5.41, 5.74) is 0.960. The highest BCUT2D eigenvalue weighted by Crippen LogP contribution is 2.26. The molecule has 0 radical (unpaired) electrons. The summed E-state index contributed by atoms with van der Waals surface area (Å²) in [4.78, 5) is 16.6. The molecule has 1 aliphatic heterocycles. The van der Waals surface area contributed by atoms with Crippen LogP contribution < -0.4 is 4.90 Å². The van der Waals surface area contributed by atoms with Crippen LogP contribution in [0.1, 0.15) is 17.5 Å². The first-order chi connectivity index (χ1) is 9.84. The number of hydrogen-bond donors (Lipinski definition) is 1. The number of hydrogen-bond acceptors (Lipinski definition) is 6. The van der Waals surface area contributed by atoms with Crippen LogP contribution in [0.15, 0.2) is 12.3 Å². The van der Waals surface area contributed by atoms with Gasteiger partial charge in [0.2, 0.25) is 0 Å². The van der Waals surface area contributed by atoms with E-state index in [0.717, 1.165) is 0 Å². The fourth-order valence-electron chi connectivity index (χ4n) is 2.44. The third-order valence-corrected chi connectivity index (χ3v) is 5.23. The lowest BCUT2D eigenvalue weighted by Gasteiger charge is -2.28. The molecule has 112 valence electrons. The highest BCUT2D eigenvalue weighted by atomic mass is 32.2. The smallest absolute Gasteiger partial charge is 0.323 e. The van der Waals surface area contributed by atoms with Gasteiger partial charge in [0.25, 0.3) is 0 Å². The Balaban J connectivity index is 2.45. The lowest BCUT2D eigenvalue weighted by molar-refractivity contribution is -0.135. The molecule has 2 heterocycles. The summed E-state index contributed by atoms with van der Waals surface area (Å²) < 4.78 is 23.2. The Bertz CT molecular complexity index is 709. The molecule has 8 heteroatoms. The van der Waals surface area contributed by atoms with Crippen LogP contribution in [0.3, 0.4) is 0 Å². The minimum atomic E-state index is -3.16. The van der Waals surface area contributed by atoms with Gasteiger partial charge < -0.3 is 10.0 Å². The van der Waals surface area contributed by atoms with Crippen LogP contribution in [0.5, 0.6) is 0 Å². The number of carbonyl (C=O) groups is 1. The van der Waals surface area contributed by atoms with E-state index in [4.69, 9.17) is 5.11 Å². The van der Waals surface area contributed by atoms with E-state index in [-0.39, 0.29) is 29.4 Å². The molecule has 1 unspecified atom stereocenters. The Morgan fingerprint density at radius 3 is 2.86 bits per heavy atom. The predicted octanol–water partition coefficient (Wildman–Crippen LogP) is 0.340. The molecule has 7 nitrogen and oxygen atoms in total. The van der Waals surface area contributed by atoms with Crippen molar-refractivity contribution in [2.45, 2.75) is 19.4 Å². The highest BCUT2D eigenvalue weighted by molar-refractivity contribution is 7.91. The van der Waals surface area contributed by atoms with Crippen LogP contribution in [0.2, 0.25) is 0 Å². The number of anilines is 1. The van der Waals surface area contributed by atoms with E-state index >= 15 is 0 Å². The Labute approximate surface area is 122 Å². The second-order valence-corrected chi connectivity index (χ2v) is 7.25. The predicted molar refractivity (Wildman–Crippen MR) is 75.7 cm³/mol. The maximum absolute atomic E-state index is 11.6. The normalized spacial score (nSPS) is 19.9. The first kappa shape index (κ1) is 15.3. The van der Waals surface area contributed by atoms with Gasteiger partial charge in [-0.05, 0) is 25.0 Å². The van der Waals surface area contributed by atoms with Crippen molar-refractivity contribution in [1.29, 1.82) is 5.26 Å². The zero-order valence-corrected chi connectivity index (χ0v) is 12.3. The molecule has 0 spiro atoms. The number of nitriles is 1. The minimum absolute atomic E-state index is 0.0293. The summed E-state index contributed by atoms with van der Waals surface area (Å²) in [5, 5.41) is 18.3. The molecule has 0 saturated carbocycles. The molecule has 0 bridgehead atoms. The standard InChI is InChI=1S/C13H15N3O4S/c1-9-2-4-15-13(11(9)6-14)16(7-12(17)18)10-3-5-21(19,20)8-10/h2,4,10H,3,5,7-8H2,1H3,(H,17,18). The third kappa shape index (κ3) is 3.31. The first-order valence-electron chi connectivity index (χ1n) is 6.38. The summed E-state index contributed by atoms with van der Waals surface area (Å²) >= 11 is 0. The quantitative estimate of drug-likeness (QED) is 0.853. The molecule has 1 fully saturated rings. The second-order valence-electron chi connectivity index (χ2n) is 5.02. The van der Waals surface area contributed by atoms with Gasteiger partial charge >= 0.3 is 5.97 Å². The Morgan fingerprint density at radius 2 is 2.33 bits per heavy atom. The Hall–Kier alpha value is -2.14. The molecule has 1 aromatic rings. The number of rotatable bonds is 4. The van der Waals surface area contributed by atoms with E-state index in [1.165, 1.54) is 11.1 Å². The average Bonchev–Trinajstić information content (AvgIpc) is 2.75. The number of aryl methyl sites for hydroxylation is 1. The third-order valence-electron chi connectivity index (χ3n) is 3.48. The molecule has 2 rings (SSSR count). The van der Waals surface area contributed by atoms with E-state index in [0.29, 0.717) is 12.0 Å². The molecule has 1 N–H and O–H groups in total. The van der Waals surface area contributed by atoms with Gasteiger partial charge in [0.1, 0.15) is 18.4 Å². The van der Waals surface area contributed by atoms with Gasteiger partial charge in [0.05, 0.1) is 17.1 Å². The van der Waals surface area contributed by atoms with E-state index < -0.39 is 21.8 Å². The molecular formula is C13H15N3O4S. The van der Waals surface area contributed by atoms with Gasteiger partial charge in [-0.2, -0.15) is 5.26 Å². The van der Waals surface area contributed by atoms with Gasteiger partial charge in [-0.15, -0.1) is 0 Å². The Morgan fingerprint density at radius 1 is 1.62 bits per heavy atom. The van der Waals surface area contributed by atoms with Crippen LogP contribution in [0.25, 0.3) is 0 Å². The molecule has 1 aliphatic rings. The molecule has 1 aromatic heterocycles. The average molecular weight is 309 g/mol. The van der Waals surface area contributed by atoms with Crippen molar-refractivity contribution >= 4 is 21.6 Å². The number of pyridine rings is 1. The molecular weight excluding hydrogens is 294 g/mol. The van der Waals surface area contributed by atoms with Crippen molar-refractivity contribution < 1.29 is 18.3 Å². The summed E-state index contributed by atoms with van der Waals surface area (Å²) in [5.74, 6) is -0.934. The summed E-state index contributed by atoms with van der Waals surface area (Å²) in [6.45, 7) is 1.35. The zero-order valence-electron chi connectivity index (χ0n) is 11.5. The second kappa shape index (κ2) is 5.69. The van der Waals surface area contributed by atoms with Crippen molar-refractivity contribution in [3.05, 3.63) is 23.4 Å². The lowest BCUT2D eigenvalue weighted by atomic mass is 10.1. The SMILES string of the molecule is Cc1ccnc(N(CC(=O)O)C2CCS(=O)(=O)C2)c1C#N. The van der Waals surface area contributed by atoms with Crippen molar-refractivity contribution in [3.8, 4) is 6.07 Å². The topological polar surface area (TPSA) is 111 Å². The van der Waals surface area contributed by atoms with E-state index in [1.807, 2.05) is 6.07 Å². The van der Waals surface area contributed by atoms with Gasteiger partial charge in [-0.3, -0.25) is 4.79 Å². The van der Waals surface area contributed by atoms with Gasteiger partial charge in [0, 0.05) is 12.2 Å². The number of carboxylic acids is 1. The van der Waals surface area contributed by atoms with Gasteiger partial charge in [-0.25, -0.2) is 13.4 Å². The number of carboxylic acid groups (broad SMARTS) is 1. The monoisotopic (exact) mass is 309 g/mol. The number of aromatic nitrogens is 1. The zero-order chi connectivity index (χ0) is 15.6. The first-order valence-corrected chi connectivity index (χ1v) is 8.21. The molecule has 0 aromatic carbocycles. The summed E-state index contributed by atoms with van der Waals surface area (Å²) in [7, 11) is -3.16. The number of nitrogens with zero attached hydrogens (tertiary/aromatic N) is 3. The van der Waals surface area contributed by atoms with Crippen molar-refractivity contribution in [3.63, 3.8) is 0 Å². The number of sulfone groups is 1. The number of aliphatic carboxylic acids is 1. The van der Waals surface area contributed by atoms with Crippen molar-refractivity contribution in [1.82, 2.24) is 4.98 Å². The van der Waals surface area contributed by atoms with Crippen molar-refractivity contribution in [2.24, 2.45) is 0 Å². The van der Waals surface area contributed by atoms with Crippen LogP contribution >= 0.6 is 0 Å². The van der Waals surface area contributed by atoms with Gasteiger partial charge in [-0.1, -0.05) is 0 Å². The van der Waals surface area contributed by atoms with E-state index in [1.54, 1.807) is 13.0 Å². The maximum atomic E-state index is 11.6. The van der Waals surface area contributed by atoms with Crippen LogP contribution in [-0.2, 0) is 14.6 Å². The highest BCUT2D eigenvalue weighted by Gasteiger charge is 2.35. The Kier molecular flexibility index (Phi) is 4.14. The molecule has 1 atom stereocenters. The molecule has 0 aliphatic carbocycles. The minimum Gasteiger partial charge on any atom is -0.480 e. The lowest BCUT2D eigenvalue weighted by Crippen LogP contribution is -2.41. The van der Waals surface area contributed by atoms with Crippen LogP contribution in [0, 0.1) is 18.3 Å². The van der Waals surface area contributed by atoms with Crippen molar-refractivity contribution in [2.75, 3.05) is 23.0 Å². The molecule has 21 heavy (non-hydrogen) atoms. The van der Waals surface area contributed by atoms with Gasteiger partial charge in [0.15, 0.2) is 9.84 Å². The maximum Gasteiger partial charge on any atom is 0.323 e. The summed E-state index contributed by atoms with van der Waals surface area (Å²) in [6, 6.07) is 3.21. The van der Waals surface area contributed by atoms with E-state index in [9.17, 15) is 18.5 Å². The largest absolute Gasteiger partial charge is 0.480 e.